The second kappa shape index (κ2) is 5.83. The van der Waals surface area contributed by atoms with Gasteiger partial charge in [-0.1, -0.05) is 0 Å². The predicted molar refractivity (Wildman–Crippen MR) is 56.6 cm³/mol. The Bertz CT molecular complexity index is 158. The summed E-state index contributed by atoms with van der Waals surface area (Å²) in [7, 11) is 0. The van der Waals surface area contributed by atoms with Gasteiger partial charge in [0.2, 0.25) is 0 Å². The molecule has 0 radical (unpaired) electrons. The molecule has 1 heteroatoms. The van der Waals surface area contributed by atoms with Crippen molar-refractivity contribution in [2.24, 2.45) is 0 Å². The van der Waals surface area contributed by atoms with E-state index in [1.54, 1.807) is 5.57 Å². The molecule has 0 spiro atoms. The van der Waals surface area contributed by atoms with Crippen molar-refractivity contribution in [1.82, 2.24) is 0 Å². The maximum atomic E-state index is 2.35. The first-order chi connectivity index (χ1) is 5.84. The van der Waals surface area contributed by atoms with Crippen LogP contribution in [0.2, 0.25) is 5.32 Å². The van der Waals surface area contributed by atoms with Gasteiger partial charge in [-0.15, -0.1) is 0 Å². The number of allylic oxidation sites excluding steroid dienone is 2. The standard InChI is InChI=1S/C11H20Se/c1-3-4-9-12-11-8-6-5-7-10(11)2/h3-9H2,1-2H3. The van der Waals surface area contributed by atoms with Gasteiger partial charge < -0.3 is 0 Å². The minimum atomic E-state index is 0.848. The monoisotopic (exact) mass is 232 g/mol. The molecule has 12 heavy (non-hydrogen) atoms. The van der Waals surface area contributed by atoms with E-state index in [1.165, 1.54) is 43.8 Å². The van der Waals surface area contributed by atoms with Crippen molar-refractivity contribution in [3.8, 4) is 0 Å². The molecule has 0 saturated heterocycles. The number of unbranched alkanes of at least 4 members (excludes halogenated alkanes) is 1. The molecule has 1 rings (SSSR count). The zero-order chi connectivity index (χ0) is 8.81. The van der Waals surface area contributed by atoms with E-state index in [4.69, 9.17) is 0 Å². The van der Waals surface area contributed by atoms with E-state index in [9.17, 15) is 0 Å². The van der Waals surface area contributed by atoms with Crippen LogP contribution in [0.1, 0.15) is 52.4 Å². The van der Waals surface area contributed by atoms with E-state index in [2.05, 4.69) is 13.8 Å². The summed E-state index contributed by atoms with van der Waals surface area (Å²) in [5.74, 6) is 0. The van der Waals surface area contributed by atoms with Crippen LogP contribution in [0.4, 0.5) is 0 Å². The molecule has 1 aliphatic rings. The van der Waals surface area contributed by atoms with Crippen LogP contribution in [0, 0.1) is 0 Å². The van der Waals surface area contributed by atoms with E-state index >= 15 is 0 Å². The van der Waals surface area contributed by atoms with Gasteiger partial charge in [-0.05, 0) is 0 Å². The van der Waals surface area contributed by atoms with Crippen LogP contribution >= 0.6 is 0 Å². The summed E-state index contributed by atoms with van der Waals surface area (Å²) in [5.41, 5.74) is 1.73. The summed E-state index contributed by atoms with van der Waals surface area (Å²) < 4.78 is 1.85. The Labute approximate surface area is 83.0 Å². The number of rotatable bonds is 4. The first-order valence-electron chi connectivity index (χ1n) is 5.16. The van der Waals surface area contributed by atoms with E-state index in [-0.39, 0.29) is 0 Å². The van der Waals surface area contributed by atoms with E-state index in [0.717, 1.165) is 15.0 Å². The second-order valence-electron chi connectivity index (χ2n) is 3.61. The normalized spacial score (nSPS) is 18.5. The van der Waals surface area contributed by atoms with Gasteiger partial charge in [0, 0.05) is 0 Å². The molecule has 0 heterocycles. The van der Waals surface area contributed by atoms with Crippen molar-refractivity contribution < 1.29 is 0 Å². The Morgan fingerprint density at radius 3 is 2.67 bits per heavy atom. The van der Waals surface area contributed by atoms with Crippen molar-refractivity contribution in [3.05, 3.63) is 10.0 Å². The molecule has 0 N–H and O–H groups in total. The third-order valence-corrected chi connectivity index (χ3v) is 5.38. The summed E-state index contributed by atoms with van der Waals surface area (Å²) >= 11 is 0.848. The van der Waals surface area contributed by atoms with Gasteiger partial charge in [0.25, 0.3) is 0 Å². The van der Waals surface area contributed by atoms with Gasteiger partial charge in [-0.2, -0.15) is 0 Å². The summed E-state index contributed by atoms with van der Waals surface area (Å²) in [5, 5.41) is 1.48. The number of hydrogen-bond donors (Lipinski definition) is 0. The second-order valence-corrected chi connectivity index (χ2v) is 6.11. The fourth-order valence-electron chi connectivity index (χ4n) is 1.56. The van der Waals surface area contributed by atoms with Crippen LogP contribution in [0.25, 0.3) is 0 Å². The molecule has 0 aromatic carbocycles. The molecule has 0 fully saturated rings. The van der Waals surface area contributed by atoms with Gasteiger partial charge >= 0.3 is 82.7 Å². The van der Waals surface area contributed by atoms with Crippen molar-refractivity contribution in [3.63, 3.8) is 0 Å². The third kappa shape index (κ3) is 3.33. The van der Waals surface area contributed by atoms with Crippen molar-refractivity contribution >= 4 is 15.0 Å². The molecular weight excluding hydrogens is 211 g/mol. The van der Waals surface area contributed by atoms with Gasteiger partial charge in [0.1, 0.15) is 0 Å². The predicted octanol–water partition coefficient (Wildman–Crippen LogP) is 3.76. The van der Waals surface area contributed by atoms with Crippen LogP contribution in [-0.4, -0.2) is 15.0 Å². The number of hydrogen-bond acceptors (Lipinski definition) is 0. The first-order valence-corrected chi connectivity index (χ1v) is 7.22. The molecule has 0 aromatic rings. The van der Waals surface area contributed by atoms with E-state index < -0.39 is 0 Å². The Balaban J connectivity index is 2.28. The molecule has 0 aromatic heterocycles. The Morgan fingerprint density at radius 2 is 2.00 bits per heavy atom. The molecule has 0 amide bonds. The van der Waals surface area contributed by atoms with Gasteiger partial charge in [-0.25, -0.2) is 0 Å². The molecular formula is C11H20Se. The van der Waals surface area contributed by atoms with E-state index in [0.29, 0.717) is 0 Å². The van der Waals surface area contributed by atoms with Crippen molar-refractivity contribution in [2.45, 2.75) is 57.7 Å². The molecule has 0 unspecified atom stereocenters. The summed E-state index contributed by atoms with van der Waals surface area (Å²) in [6.45, 7) is 4.64. The molecule has 0 saturated carbocycles. The van der Waals surface area contributed by atoms with Crippen molar-refractivity contribution in [1.29, 1.82) is 0 Å². The van der Waals surface area contributed by atoms with Crippen LogP contribution in [0.3, 0.4) is 0 Å². The molecule has 0 aliphatic heterocycles. The molecule has 0 bridgehead atoms. The van der Waals surface area contributed by atoms with Crippen LogP contribution in [-0.2, 0) is 0 Å². The topological polar surface area (TPSA) is 0 Å². The van der Waals surface area contributed by atoms with Crippen molar-refractivity contribution in [2.75, 3.05) is 0 Å². The van der Waals surface area contributed by atoms with Crippen LogP contribution in [0.15, 0.2) is 10.0 Å². The van der Waals surface area contributed by atoms with Crippen LogP contribution < -0.4 is 0 Å². The molecule has 70 valence electrons. The minimum absolute atomic E-state index is 0.848. The zero-order valence-corrected chi connectivity index (χ0v) is 10.1. The maximum absolute atomic E-state index is 2.35. The van der Waals surface area contributed by atoms with Crippen LogP contribution in [0.5, 0.6) is 0 Å². The average Bonchev–Trinajstić information content (AvgIpc) is 2.09. The summed E-state index contributed by atoms with van der Waals surface area (Å²) in [6, 6.07) is 0. The van der Waals surface area contributed by atoms with Gasteiger partial charge in [-0.3, -0.25) is 0 Å². The SMILES string of the molecule is CCCC[Se]C1=C(C)CCCC1. The quantitative estimate of drug-likeness (QED) is 0.510. The fourth-order valence-corrected chi connectivity index (χ4v) is 4.33. The third-order valence-electron chi connectivity index (χ3n) is 2.46. The van der Waals surface area contributed by atoms with Gasteiger partial charge in [0.15, 0.2) is 0 Å². The average molecular weight is 231 g/mol. The first kappa shape index (κ1) is 10.3. The molecule has 0 atom stereocenters. The molecule has 1 aliphatic carbocycles. The summed E-state index contributed by atoms with van der Waals surface area (Å²) in [6.07, 6.45) is 8.53. The fraction of sp³-hybridized carbons (Fsp3) is 0.818. The zero-order valence-electron chi connectivity index (χ0n) is 8.36. The summed E-state index contributed by atoms with van der Waals surface area (Å²) in [4.78, 5) is 0. The molecule has 0 nitrogen and oxygen atoms in total. The Hall–Kier alpha value is 0.259. The Morgan fingerprint density at radius 1 is 1.25 bits per heavy atom. The van der Waals surface area contributed by atoms with Gasteiger partial charge in [0.05, 0.1) is 0 Å². The van der Waals surface area contributed by atoms with E-state index in [1.807, 2.05) is 4.47 Å². The Kier molecular flexibility index (Phi) is 5.02.